The zero-order valence-corrected chi connectivity index (χ0v) is 19.8. The van der Waals surface area contributed by atoms with Crippen LogP contribution in [-0.4, -0.2) is 41.1 Å². The summed E-state index contributed by atoms with van der Waals surface area (Å²) in [7, 11) is 0. The van der Waals surface area contributed by atoms with Crippen LogP contribution in [0.2, 0.25) is 0 Å². The second kappa shape index (κ2) is 10.4. The number of nitrogens with one attached hydrogen (secondary N) is 1. The molecule has 0 aliphatic carbocycles. The normalized spacial score (nSPS) is 19.1. The van der Waals surface area contributed by atoms with Crippen molar-refractivity contribution in [2.75, 3.05) is 13.1 Å². The number of hydrogen-bond donors (Lipinski definition) is 1. The Morgan fingerprint density at radius 1 is 1.03 bits per heavy atom. The highest BCUT2D eigenvalue weighted by molar-refractivity contribution is 7.13. The zero-order chi connectivity index (χ0) is 22.5. The third-order valence-corrected chi connectivity index (χ3v) is 6.78. The molecule has 2 atom stereocenters. The molecule has 1 saturated heterocycles. The van der Waals surface area contributed by atoms with E-state index in [0.717, 1.165) is 42.3 Å². The molecular formula is C26H31N3O2S. The van der Waals surface area contributed by atoms with Gasteiger partial charge in [-0.2, -0.15) is 0 Å². The van der Waals surface area contributed by atoms with E-state index in [1.54, 1.807) is 0 Å². The van der Waals surface area contributed by atoms with E-state index in [4.69, 9.17) is 4.74 Å². The zero-order valence-electron chi connectivity index (χ0n) is 19.0. The molecule has 5 nitrogen and oxygen atoms in total. The Labute approximate surface area is 194 Å². The molecule has 0 radical (unpaired) electrons. The molecule has 32 heavy (non-hydrogen) atoms. The summed E-state index contributed by atoms with van der Waals surface area (Å²) in [6.07, 6.45) is 1.30. The average Bonchev–Trinajstić information content (AvgIpc) is 3.13. The third kappa shape index (κ3) is 6.03. The minimum atomic E-state index is -0.0559. The fraction of sp³-hybridized carbons (Fsp3) is 0.385. The summed E-state index contributed by atoms with van der Waals surface area (Å²) in [6, 6.07) is 18.7. The lowest BCUT2D eigenvalue weighted by Gasteiger charge is -2.35. The van der Waals surface area contributed by atoms with Crippen LogP contribution in [0.25, 0.3) is 0 Å². The van der Waals surface area contributed by atoms with Gasteiger partial charge in [0.15, 0.2) is 0 Å². The van der Waals surface area contributed by atoms with Crippen LogP contribution < -0.4 is 5.32 Å². The number of hydrogen-bond acceptors (Lipinski definition) is 5. The maximum atomic E-state index is 12.7. The Balaban J connectivity index is 1.30. The van der Waals surface area contributed by atoms with Crippen LogP contribution >= 0.6 is 11.3 Å². The van der Waals surface area contributed by atoms with E-state index in [0.29, 0.717) is 11.4 Å². The maximum absolute atomic E-state index is 12.7. The van der Waals surface area contributed by atoms with Crippen molar-refractivity contribution < 1.29 is 9.53 Å². The number of aryl methyl sites for hydroxylation is 1. The average molecular weight is 450 g/mol. The first kappa shape index (κ1) is 22.6. The molecule has 2 heterocycles. The SMILES string of the molecule is Cc1nc(Cc2ccccc2)sc1C(=O)NCc1ccc(CN2CC(C)OC(C)C2)cc1. The van der Waals surface area contributed by atoms with Gasteiger partial charge in [-0.3, -0.25) is 9.69 Å². The van der Waals surface area contributed by atoms with Crippen molar-refractivity contribution in [1.29, 1.82) is 0 Å². The van der Waals surface area contributed by atoms with Gasteiger partial charge in [-0.25, -0.2) is 4.98 Å². The molecule has 1 aliphatic rings. The molecule has 4 rings (SSSR count). The van der Waals surface area contributed by atoms with Gasteiger partial charge in [0.1, 0.15) is 4.88 Å². The van der Waals surface area contributed by atoms with Crippen LogP contribution in [0.5, 0.6) is 0 Å². The van der Waals surface area contributed by atoms with Gasteiger partial charge in [-0.15, -0.1) is 11.3 Å². The standard InChI is InChI=1S/C26H31N3O2S/c1-18-15-29(16-19(2)31-18)17-23-11-9-22(10-12-23)14-27-26(30)25-20(3)28-24(32-25)13-21-7-5-4-6-8-21/h4-12,18-19H,13-17H2,1-3H3,(H,27,30). The molecule has 1 amide bonds. The molecule has 0 bridgehead atoms. The summed E-state index contributed by atoms with van der Waals surface area (Å²) in [5, 5.41) is 4.02. The van der Waals surface area contributed by atoms with Gasteiger partial charge in [0, 0.05) is 32.6 Å². The first-order chi connectivity index (χ1) is 15.5. The fourth-order valence-corrected chi connectivity index (χ4v) is 5.22. The van der Waals surface area contributed by atoms with E-state index in [9.17, 15) is 4.79 Å². The number of morpholine rings is 1. The van der Waals surface area contributed by atoms with Crippen molar-refractivity contribution in [3.63, 3.8) is 0 Å². The molecule has 1 aromatic heterocycles. The summed E-state index contributed by atoms with van der Waals surface area (Å²) in [5.74, 6) is -0.0559. The van der Waals surface area contributed by atoms with Crippen LogP contribution in [0.3, 0.4) is 0 Å². The number of thiazole rings is 1. The molecular weight excluding hydrogens is 418 g/mol. The Morgan fingerprint density at radius 2 is 1.69 bits per heavy atom. The first-order valence-electron chi connectivity index (χ1n) is 11.2. The van der Waals surface area contributed by atoms with E-state index in [1.807, 2.05) is 25.1 Å². The number of carbonyl (C=O) groups is 1. The highest BCUT2D eigenvalue weighted by atomic mass is 32.1. The molecule has 3 aromatic rings. The Bertz CT molecular complexity index is 1020. The van der Waals surface area contributed by atoms with Gasteiger partial charge in [0.2, 0.25) is 0 Å². The molecule has 2 aromatic carbocycles. The van der Waals surface area contributed by atoms with Crippen molar-refractivity contribution in [3.8, 4) is 0 Å². The minimum absolute atomic E-state index is 0.0559. The number of nitrogens with zero attached hydrogens (tertiary/aromatic N) is 2. The number of benzene rings is 2. The molecule has 0 spiro atoms. The van der Waals surface area contributed by atoms with Crippen LogP contribution in [0.15, 0.2) is 54.6 Å². The van der Waals surface area contributed by atoms with Crippen LogP contribution in [0.4, 0.5) is 0 Å². The summed E-state index contributed by atoms with van der Waals surface area (Å²) in [4.78, 5) is 20.5. The number of aromatic nitrogens is 1. The van der Waals surface area contributed by atoms with Gasteiger partial charge in [0.05, 0.1) is 22.9 Å². The number of amides is 1. The molecule has 6 heteroatoms. The summed E-state index contributed by atoms with van der Waals surface area (Å²) >= 11 is 1.48. The smallest absolute Gasteiger partial charge is 0.263 e. The van der Waals surface area contributed by atoms with Crippen LogP contribution in [0, 0.1) is 6.92 Å². The highest BCUT2D eigenvalue weighted by Crippen LogP contribution is 2.21. The van der Waals surface area contributed by atoms with Crippen LogP contribution in [0.1, 0.15) is 50.9 Å². The Morgan fingerprint density at radius 3 is 2.38 bits per heavy atom. The summed E-state index contributed by atoms with van der Waals surface area (Å²) in [6.45, 7) is 9.52. The van der Waals surface area contributed by atoms with Crippen molar-refractivity contribution in [3.05, 3.63) is 86.9 Å². The second-order valence-electron chi connectivity index (χ2n) is 8.64. The van der Waals surface area contributed by atoms with Gasteiger partial charge in [-0.1, -0.05) is 54.6 Å². The molecule has 1 aliphatic heterocycles. The van der Waals surface area contributed by atoms with Gasteiger partial charge in [0.25, 0.3) is 5.91 Å². The molecule has 1 N–H and O–H groups in total. The number of rotatable bonds is 7. The lowest BCUT2D eigenvalue weighted by molar-refractivity contribution is -0.0704. The van der Waals surface area contributed by atoms with Crippen molar-refractivity contribution >= 4 is 17.2 Å². The molecule has 168 valence electrons. The lowest BCUT2D eigenvalue weighted by atomic mass is 10.1. The molecule has 0 saturated carbocycles. The predicted molar refractivity (Wildman–Crippen MR) is 129 cm³/mol. The second-order valence-corrected chi connectivity index (χ2v) is 9.72. The van der Waals surface area contributed by atoms with E-state index in [2.05, 4.69) is 65.4 Å². The monoisotopic (exact) mass is 449 g/mol. The topological polar surface area (TPSA) is 54.5 Å². The first-order valence-corrected chi connectivity index (χ1v) is 12.0. The third-order valence-electron chi connectivity index (χ3n) is 5.62. The quantitative estimate of drug-likeness (QED) is 0.574. The Kier molecular flexibility index (Phi) is 7.35. The van der Waals surface area contributed by atoms with E-state index in [1.165, 1.54) is 22.5 Å². The van der Waals surface area contributed by atoms with Crippen molar-refractivity contribution in [2.45, 2.75) is 52.5 Å². The largest absolute Gasteiger partial charge is 0.373 e. The number of ether oxygens (including phenoxy) is 1. The fourth-order valence-electron chi connectivity index (χ4n) is 4.21. The van der Waals surface area contributed by atoms with E-state index < -0.39 is 0 Å². The van der Waals surface area contributed by atoms with E-state index >= 15 is 0 Å². The van der Waals surface area contributed by atoms with Crippen molar-refractivity contribution in [2.24, 2.45) is 0 Å². The highest BCUT2D eigenvalue weighted by Gasteiger charge is 2.22. The van der Waals surface area contributed by atoms with E-state index in [-0.39, 0.29) is 18.1 Å². The molecule has 2 unspecified atom stereocenters. The summed E-state index contributed by atoms with van der Waals surface area (Å²) in [5.41, 5.74) is 4.37. The lowest BCUT2D eigenvalue weighted by Crippen LogP contribution is -2.44. The summed E-state index contributed by atoms with van der Waals surface area (Å²) < 4.78 is 5.82. The minimum Gasteiger partial charge on any atom is -0.373 e. The van der Waals surface area contributed by atoms with Gasteiger partial charge < -0.3 is 10.1 Å². The predicted octanol–water partition coefficient (Wildman–Crippen LogP) is 4.58. The van der Waals surface area contributed by atoms with Crippen molar-refractivity contribution in [1.82, 2.24) is 15.2 Å². The van der Waals surface area contributed by atoms with Crippen LogP contribution in [-0.2, 0) is 24.2 Å². The number of carbonyl (C=O) groups excluding carboxylic acids is 1. The van der Waals surface area contributed by atoms with Gasteiger partial charge >= 0.3 is 0 Å². The maximum Gasteiger partial charge on any atom is 0.263 e. The molecule has 1 fully saturated rings. The Hall–Kier alpha value is -2.54. The van der Waals surface area contributed by atoms with Gasteiger partial charge in [-0.05, 0) is 37.5 Å².